The second-order valence-corrected chi connectivity index (χ2v) is 3.35. The van der Waals surface area contributed by atoms with Crippen LogP contribution in [0.25, 0.3) is 0 Å². The molecule has 1 aliphatic heterocycles. The van der Waals surface area contributed by atoms with Crippen molar-refractivity contribution in [2.75, 3.05) is 7.11 Å². The van der Waals surface area contributed by atoms with Gasteiger partial charge in [0.2, 0.25) is 0 Å². The Bertz CT molecular complexity index is 370. The minimum atomic E-state index is -0.313. The van der Waals surface area contributed by atoms with Crippen molar-refractivity contribution < 1.29 is 14.3 Å². The van der Waals surface area contributed by atoms with Crippen molar-refractivity contribution in [1.82, 2.24) is 0 Å². The number of carbonyl (C=O) groups is 1. The van der Waals surface area contributed by atoms with Crippen LogP contribution in [0.5, 0.6) is 0 Å². The van der Waals surface area contributed by atoms with E-state index in [0.29, 0.717) is 5.56 Å². The van der Waals surface area contributed by atoms with Crippen LogP contribution in [-0.2, 0) is 9.47 Å². The Morgan fingerprint density at radius 2 is 2.13 bits per heavy atom. The standard InChI is InChI=1S/C12H12O3/c1-14-12(13)10-6-4-9(5-7-10)11-3-2-8-15-11/h2,4-8,11H,3H2,1H3/t11-/m0/s1. The zero-order chi connectivity index (χ0) is 10.7. The van der Waals surface area contributed by atoms with Gasteiger partial charge in [-0.2, -0.15) is 0 Å². The van der Waals surface area contributed by atoms with Gasteiger partial charge in [-0.1, -0.05) is 12.1 Å². The van der Waals surface area contributed by atoms with E-state index in [2.05, 4.69) is 4.74 Å². The molecule has 3 nitrogen and oxygen atoms in total. The highest BCUT2D eigenvalue weighted by Crippen LogP contribution is 2.26. The van der Waals surface area contributed by atoms with Crippen molar-refractivity contribution >= 4 is 5.97 Å². The number of ether oxygens (including phenoxy) is 2. The molecule has 0 saturated heterocycles. The normalized spacial score (nSPS) is 18.6. The SMILES string of the molecule is COC(=O)c1ccc([C@@H]2CC=CO2)cc1. The van der Waals surface area contributed by atoms with E-state index in [1.807, 2.05) is 18.2 Å². The lowest BCUT2D eigenvalue weighted by Crippen LogP contribution is -2.02. The van der Waals surface area contributed by atoms with Gasteiger partial charge in [0.15, 0.2) is 0 Å². The van der Waals surface area contributed by atoms with Gasteiger partial charge in [0.1, 0.15) is 6.10 Å². The van der Waals surface area contributed by atoms with E-state index in [0.717, 1.165) is 12.0 Å². The first kappa shape index (κ1) is 9.77. The summed E-state index contributed by atoms with van der Waals surface area (Å²) in [6, 6.07) is 7.29. The molecule has 0 saturated carbocycles. The van der Waals surface area contributed by atoms with Crippen LogP contribution in [0.15, 0.2) is 36.6 Å². The number of carbonyl (C=O) groups excluding carboxylic acids is 1. The Morgan fingerprint density at radius 3 is 2.67 bits per heavy atom. The van der Waals surface area contributed by atoms with Gasteiger partial charge in [0, 0.05) is 6.42 Å². The molecule has 0 unspecified atom stereocenters. The predicted molar refractivity (Wildman–Crippen MR) is 55.4 cm³/mol. The third-order valence-corrected chi connectivity index (χ3v) is 2.39. The van der Waals surface area contributed by atoms with Crippen LogP contribution >= 0.6 is 0 Å². The van der Waals surface area contributed by atoms with Crippen molar-refractivity contribution in [3.63, 3.8) is 0 Å². The Balaban J connectivity index is 2.13. The van der Waals surface area contributed by atoms with Crippen molar-refractivity contribution in [2.45, 2.75) is 12.5 Å². The Hall–Kier alpha value is -1.77. The van der Waals surface area contributed by atoms with Gasteiger partial charge in [-0.05, 0) is 23.8 Å². The van der Waals surface area contributed by atoms with Crippen molar-refractivity contribution in [1.29, 1.82) is 0 Å². The number of hydrogen-bond acceptors (Lipinski definition) is 3. The molecule has 0 bridgehead atoms. The molecule has 3 heteroatoms. The van der Waals surface area contributed by atoms with E-state index in [1.165, 1.54) is 7.11 Å². The molecule has 15 heavy (non-hydrogen) atoms. The Kier molecular flexibility index (Phi) is 2.72. The fourth-order valence-electron chi connectivity index (χ4n) is 1.55. The maximum Gasteiger partial charge on any atom is 0.337 e. The average Bonchev–Trinajstić information content (AvgIpc) is 2.82. The molecule has 1 aliphatic rings. The minimum Gasteiger partial charge on any atom is -0.493 e. The Labute approximate surface area is 88.3 Å². The van der Waals surface area contributed by atoms with E-state index in [-0.39, 0.29) is 12.1 Å². The molecule has 1 heterocycles. The summed E-state index contributed by atoms with van der Waals surface area (Å²) < 4.78 is 9.99. The maximum absolute atomic E-state index is 11.2. The van der Waals surface area contributed by atoms with Gasteiger partial charge in [-0.15, -0.1) is 0 Å². The number of methoxy groups -OCH3 is 1. The van der Waals surface area contributed by atoms with Gasteiger partial charge in [0.05, 0.1) is 18.9 Å². The molecule has 1 aromatic carbocycles. The van der Waals surface area contributed by atoms with Crippen LogP contribution in [0, 0.1) is 0 Å². The lowest BCUT2D eigenvalue weighted by molar-refractivity contribution is 0.0600. The number of hydrogen-bond donors (Lipinski definition) is 0. The first-order valence-electron chi connectivity index (χ1n) is 4.80. The van der Waals surface area contributed by atoms with Gasteiger partial charge >= 0.3 is 5.97 Å². The summed E-state index contributed by atoms with van der Waals surface area (Å²) in [6.07, 6.45) is 4.67. The topological polar surface area (TPSA) is 35.5 Å². The quantitative estimate of drug-likeness (QED) is 0.694. The molecule has 0 aliphatic carbocycles. The van der Waals surface area contributed by atoms with Crippen LogP contribution < -0.4 is 0 Å². The molecular formula is C12H12O3. The predicted octanol–water partition coefficient (Wildman–Crippen LogP) is 2.45. The molecule has 0 aromatic heterocycles. The van der Waals surface area contributed by atoms with Gasteiger partial charge in [0.25, 0.3) is 0 Å². The molecule has 2 rings (SSSR count). The second kappa shape index (κ2) is 4.17. The van der Waals surface area contributed by atoms with Gasteiger partial charge in [-0.3, -0.25) is 0 Å². The lowest BCUT2D eigenvalue weighted by atomic mass is 10.1. The third kappa shape index (κ3) is 2.01. The van der Waals surface area contributed by atoms with Crippen LogP contribution in [0.4, 0.5) is 0 Å². The number of rotatable bonds is 2. The minimum absolute atomic E-state index is 0.0942. The summed E-state index contributed by atoms with van der Waals surface area (Å²) in [4.78, 5) is 11.2. The first-order chi connectivity index (χ1) is 7.31. The average molecular weight is 204 g/mol. The second-order valence-electron chi connectivity index (χ2n) is 3.35. The summed E-state index contributed by atoms with van der Waals surface area (Å²) in [6.45, 7) is 0. The molecule has 0 N–H and O–H groups in total. The van der Waals surface area contributed by atoms with Crippen molar-refractivity contribution in [3.05, 3.63) is 47.7 Å². The van der Waals surface area contributed by atoms with E-state index in [9.17, 15) is 4.79 Å². The summed E-state index contributed by atoms with van der Waals surface area (Å²) in [5.41, 5.74) is 1.64. The first-order valence-corrected chi connectivity index (χ1v) is 4.80. The molecule has 78 valence electrons. The maximum atomic E-state index is 11.2. The highest BCUT2D eigenvalue weighted by atomic mass is 16.5. The molecule has 0 amide bonds. The fraction of sp³-hybridized carbons (Fsp3) is 0.250. The van der Waals surface area contributed by atoms with Crippen molar-refractivity contribution in [2.24, 2.45) is 0 Å². The highest BCUT2D eigenvalue weighted by Gasteiger charge is 2.14. The van der Waals surface area contributed by atoms with E-state index in [1.54, 1.807) is 18.4 Å². The van der Waals surface area contributed by atoms with E-state index in [4.69, 9.17) is 4.74 Å². The Morgan fingerprint density at radius 1 is 1.40 bits per heavy atom. The largest absolute Gasteiger partial charge is 0.493 e. The lowest BCUT2D eigenvalue weighted by Gasteiger charge is -2.10. The molecular weight excluding hydrogens is 192 g/mol. The molecule has 1 atom stereocenters. The number of esters is 1. The van der Waals surface area contributed by atoms with Crippen molar-refractivity contribution in [3.8, 4) is 0 Å². The van der Waals surface area contributed by atoms with Crippen LogP contribution in [-0.4, -0.2) is 13.1 Å². The van der Waals surface area contributed by atoms with Gasteiger partial charge in [-0.25, -0.2) is 4.79 Å². The summed E-state index contributed by atoms with van der Waals surface area (Å²) in [5.74, 6) is -0.313. The van der Waals surface area contributed by atoms with Crippen LogP contribution in [0.1, 0.15) is 28.4 Å². The van der Waals surface area contributed by atoms with E-state index >= 15 is 0 Å². The summed E-state index contributed by atoms with van der Waals surface area (Å²) in [7, 11) is 1.38. The smallest absolute Gasteiger partial charge is 0.337 e. The van der Waals surface area contributed by atoms with Gasteiger partial charge < -0.3 is 9.47 Å². The molecule has 0 spiro atoms. The highest BCUT2D eigenvalue weighted by molar-refractivity contribution is 5.89. The third-order valence-electron chi connectivity index (χ3n) is 2.39. The molecule has 1 aromatic rings. The molecule has 0 fully saturated rings. The molecule has 0 radical (unpaired) electrons. The fourth-order valence-corrected chi connectivity index (χ4v) is 1.55. The van der Waals surface area contributed by atoms with Crippen LogP contribution in [0.2, 0.25) is 0 Å². The zero-order valence-corrected chi connectivity index (χ0v) is 8.47. The summed E-state index contributed by atoms with van der Waals surface area (Å²) in [5, 5.41) is 0. The van der Waals surface area contributed by atoms with E-state index < -0.39 is 0 Å². The zero-order valence-electron chi connectivity index (χ0n) is 8.47. The summed E-state index contributed by atoms with van der Waals surface area (Å²) >= 11 is 0. The van der Waals surface area contributed by atoms with Crippen LogP contribution in [0.3, 0.4) is 0 Å². The number of benzene rings is 1. The monoisotopic (exact) mass is 204 g/mol.